The fourth-order valence-corrected chi connectivity index (χ4v) is 4.63. The van der Waals surface area contributed by atoms with Crippen molar-refractivity contribution in [2.45, 2.75) is 32.2 Å². The van der Waals surface area contributed by atoms with Crippen molar-refractivity contribution in [3.63, 3.8) is 0 Å². The molecule has 0 saturated carbocycles. The minimum Gasteiger partial charge on any atom is -0.342 e. The van der Waals surface area contributed by atoms with Crippen LogP contribution in [0.2, 0.25) is 0 Å². The van der Waals surface area contributed by atoms with Crippen molar-refractivity contribution < 1.29 is 17.7 Å². The van der Waals surface area contributed by atoms with E-state index in [1.807, 2.05) is 31.2 Å². The van der Waals surface area contributed by atoms with Crippen molar-refractivity contribution in [2.75, 3.05) is 18.6 Å². The van der Waals surface area contributed by atoms with Gasteiger partial charge >= 0.3 is 0 Å². The number of nitrogens with zero attached hydrogens (tertiary/aromatic N) is 3. The molecule has 0 bridgehead atoms. The molecule has 3 rings (SSSR count). The second kappa shape index (κ2) is 6.95. The zero-order chi connectivity index (χ0) is 18.0. The smallest absolute Gasteiger partial charge is 0.227 e. The van der Waals surface area contributed by atoms with Gasteiger partial charge in [0.2, 0.25) is 17.6 Å². The highest BCUT2D eigenvalue weighted by molar-refractivity contribution is 7.91. The van der Waals surface area contributed by atoms with Crippen LogP contribution in [0, 0.1) is 6.92 Å². The molecule has 1 saturated heterocycles. The van der Waals surface area contributed by atoms with Gasteiger partial charge in [0.15, 0.2) is 9.84 Å². The number of aryl methyl sites for hydroxylation is 2. The van der Waals surface area contributed by atoms with E-state index >= 15 is 0 Å². The maximum atomic E-state index is 12.3. The number of amides is 1. The summed E-state index contributed by atoms with van der Waals surface area (Å²) in [4.78, 5) is 18.1. The lowest BCUT2D eigenvalue weighted by atomic mass is 10.1. The Hall–Kier alpha value is -2.22. The van der Waals surface area contributed by atoms with Gasteiger partial charge in [-0.2, -0.15) is 4.98 Å². The molecular formula is C17H21N3O4S. The third-order valence-electron chi connectivity index (χ3n) is 4.48. The van der Waals surface area contributed by atoms with Gasteiger partial charge in [-0.3, -0.25) is 4.79 Å². The highest BCUT2D eigenvalue weighted by Gasteiger charge is 2.32. The molecule has 2 aromatic rings. The van der Waals surface area contributed by atoms with Gasteiger partial charge in [0.05, 0.1) is 11.5 Å². The van der Waals surface area contributed by atoms with Crippen molar-refractivity contribution in [1.29, 1.82) is 0 Å². The molecule has 1 unspecified atom stereocenters. The fourth-order valence-electron chi connectivity index (χ4n) is 2.85. The first-order chi connectivity index (χ1) is 11.8. The molecule has 1 aromatic carbocycles. The van der Waals surface area contributed by atoms with Crippen LogP contribution in [0.25, 0.3) is 11.4 Å². The number of carbonyl (C=O) groups excluding carboxylic acids is 1. The number of hydrogen-bond acceptors (Lipinski definition) is 6. The summed E-state index contributed by atoms with van der Waals surface area (Å²) < 4.78 is 28.3. The second-order valence-electron chi connectivity index (χ2n) is 6.44. The van der Waals surface area contributed by atoms with Crippen LogP contribution < -0.4 is 0 Å². The maximum Gasteiger partial charge on any atom is 0.227 e. The highest BCUT2D eigenvalue weighted by Crippen LogP contribution is 2.19. The molecule has 1 atom stereocenters. The van der Waals surface area contributed by atoms with Gasteiger partial charge in [-0.05, 0) is 13.3 Å². The molecule has 1 aromatic heterocycles. The highest BCUT2D eigenvalue weighted by atomic mass is 32.2. The predicted molar refractivity (Wildman–Crippen MR) is 92.6 cm³/mol. The number of rotatable bonds is 5. The number of hydrogen-bond donors (Lipinski definition) is 0. The summed E-state index contributed by atoms with van der Waals surface area (Å²) in [5, 5.41) is 3.95. The lowest BCUT2D eigenvalue weighted by Crippen LogP contribution is -2.37. The summed E-state index contributed by atoms with van der Waals surface area (Å²) in [6, 6.07) is 7.55. The SMILES string of the molecule is Cc1ccc(-c2noc(CCC(=O)N(C)C3CCS(=O)(=O)C3)n2)cc1. The molecular weight excluding hydrogens is 342 g/mol. The predicted octanol–water partition coefficient (Wildman–Crippen LogP) is 1.62. The van der Waals surface area contributed by atoms with Gasteiger partial charge in [0.1, 0.15) is 0 Å². The van der Waals surface area contributed by atoms with Crippen molar-refractivity contribution in [3.05, 3.63) is 35.7 Å². The van der Waals surface area contributed by atoms with E-state index in [1.165, 1.54) is 4.90 Å². The van der Waals surface area contributed by atoms with Crippen molar-refractivity contribution >= 4 is 15.7 Å². The summed E-state index contributed by atoms with van der Waals surface area (Å²) >= 11 is 0. The summed E-state index contributed by atoms with van der Waals surface area (Å²) in [6.07, 6.45) is 1.05. The van der Waals surface area contributed by atoms with E-state index in [0.717, 1.165) is 11.1 Å². The van der Waals surface area contributed by atoms with Crippen molar-refractivity contribution in [1.82, 2.24) is 15.0 Å². The fraction of sp³-hybridized carbons (Fsp3) is 0.471. The van der Waals surface area contributed by atoms with E-state index in [-0.39, 0.29) is 29.9 Å². The van der Waals surface area contributed by atoms with Gasteiger partial charge in [0, 0.05) is 31.5 Å². The minimum atomic E-state index is -3.01. The molecule has 0 N–H and O–H groups in total. The first kappa shape index (κ1) is 17.6. The molecule has 0 spiro atoms. The van der Waals surface area contributed by atoms with E-state index in [9.17, 15) is 13.2 Å². The van der Waals surface area contributed by atoms with E-state index in [2.05, 4.69) is 10.1 Å². The van der Waals surface area contributed by atoms with Crippen molar-refractivity contribution in [2.24, 2.45) is 0 Å². The first-order valence-corrected chi connectivity index (χ1v) is 10.0. The lowest BCUT2D eigenvalue weighted by molar-refractivity contribution is -0.131. The zero-order valence-corrected chi connectivity index (χ0v) is 15.1. The molecule has 1 amide bonds. The normalized spacial score (nSPS) is 19.0. The van der Waals surface area contributed by atoms with Crippen LogP contribution in [0.1, 0.15) is 24.3 Å². The Morgan fingerprint density at radius 3 is 2.68 bits per heavy atom. The Kier molecular flexibility index (Phi) is 4.89. The average Bonchev–Trinajstić information content (AvgIpc) is 3.19. The van der Waals surface area contributed by atoms with Crippen LogP contribution in [0.4, 0.5) is 0 Å². The van der Waals surface area contributed by atoms with Crippen molar-refractivity contribution in [3.8, 4) is 11.4 Å². The second-order valence-corrected chi connectivity index (χ2v) is 8.67. The third-order valence-corrected chi connectivity index (χ3v) is 6.23. The molecule has 1 fully saturated rings. The van der Waals surface area contributed by atoms with Gasteiger partial charge in [-0.25, -0.2) is 8.42 Å². The Balaban J connectivity index is 1.57. The van der Waals surface area contributed by atoms with Crippen LogP contribution in [-0.2, 0) is 21.1 Å². The van der Waals surface area contributed by atoms with Gasteiger partial charge in [-0.1, -0.05) is 35.0 Å². The summed E-state index contributed by atoms with van der Waals surface area (Å²) in [5.74, 6) is 0.984. The molecule has 134 valence electrons. The van der Waals surface area contributed by atoms with Crippen LogP contribution in [0.5, 0.6) is 0 Å². The quantitative estimate of drug-likeness (QED) is 0.801. The van der Waals surface area contributed by atoms with Crippen LogP contribution in [0.15, 0.2) is 28.8 Å². The molecule has 2 heterocycles. The van der Waals surface area contributed by atoms with Crippen LogP contribution >= 0.6 is 0 Å². The summed E-state index contributed by atoms with van der Waals surface area (Å²) in [7, 11) is -1.35. The zero-order valence-electron chi connectivity index (χ0n) is 14.3. The van der Waals surface area contributed by atoms with E-state index < -0.39 is 9.84 Å². The molecule has 1 aliphatic rings. The molecule has 25 heavy (non-hydrogen) atoms. The van der Waals surface area contributed by atoms with E-state index in [1.54, 1.807) is 7.05 Å². The van der Waals surface area contributed by atoms with Gasteiger partial charge in [0.25, 0.3) is 0 Å². The molecule has 7 nitrogen and oxygen atoms in total. The van der Waals surface area contributed by atoms with Crippen LogP contribution in [0.3, 0.4) is 0 Å². The number of aromatic nitrogens is 2. The first-order valence-electron chi connectivity index (χ1n) is 8.20. The van der Waals surface area contributed by atoms with Crippen LogP contribution in [-0.4, -0.2) is 54.0 Å². The number of sulfone groups is 1. The maximum absolute atomic E-state index is 12.3. The summed E-state index contributed by atoms with van der Waals surface area (Å²) in [6.45, 7) is 2.00. The molecule has 1 aliphatic heterocycles. The minimum absolute atomic E-state index is 0.0490. The standard InChI is InChI=1S/C17H21N3O4S/c1-12-3-5-13(6-4-12)17-18-15(24-19-17)7-8-16(21)20(2)14-9-10-25(22,23)11-14/h3-6,14H,7-11H2,1-2H3. The Morgan fingerprint density at radius 1 is 1.32 bits per heavy atom. The largest absolute Gasteiger partial charge is 0.342 e. The number of carbonyl (C=O) groups is 1. The Morgan fingerprint density at radius 2 is 2.04 bits per heavy atom. The van der Waals surface area contributed by atoms with Gasteiger partial charge in [-0.15, -0.1) is 0 Å². The molecule has 8 heteroatoms. The Labute approximate surface area is 146 Å². The van der Waals surface area contributed by atoms with Gasteiger partial charge < -0.3 is 9.42 Å². The average molecular weight is 363 g/mol. The van der Waals surface area contributed by atoms with E-state index in [0.29, 0.717) is 24.6 Å². The monoisotopic (exact) mass is 363 g/mol. The molecule has 0 radical (unpaired) electrons. The lowest BCUT2D eigenvalue weighted by Gasteiger charge is -2.23. The topological polar surface area (TPSA) is 93.4 Å². The summed E-state index contributed by atoms with van der Waals surface area (Å²) in [5.41, 5.74) is 2.01. The third kappa shape index (κ3) is 4.25. The Bertz CT molecular complexity index is 858. The molecule has 0 aliphatic carbocycles. The van der Waals surface area contributed by atoms with E-state index in [4.69, 9.17) is 4.52 Å². The number of benzene rings is 1.